The number of benzene rings is 1. The molecule has 2 aromatic heterocycles. The molecule has 0 bridgehead atoms. The highest BCUT2D eigenvalue weighted by Crippen LogP contribution is 2.31. The summed E-state index contributed by atoms with van der Waals surface area (Å²) in [5, 5.41) is 0.714. The second-order valence-corrected chi connectivity index (χ2v) is 7.56. The van der Waals surface area contributed by atoms with Gasteiger partial charge in [0.15, 0.2) is 5.82 Å². The number of halogens is 1. The maximum Gasteiger partial charge on any atom is 0.226 e. The summed E-state index contributed by atoms with van der Waals surface area (Å²) in [6, 6.07) is 7.75. The van der Waals surface area contributed by atoms with E-state index < -0.39 is 0 Å². The smallest absolute Gasteiger partial charge is 0.226 e. The van der Waals surface area contributed by atoms with Gasteiger partial charge in [0, 0.05) is 60.8 Å². The first-order chi connectivity index (χ1) is 12.2. The van der Waals surface area contributed by atoms with Gasteiger partial charge in [0.2, 0.25) is 5.95 Å². The van der Waals surface area contributed by atoms with Gasteiger partial charge in [-0.1, -0.05) is 23.7 Å². The van der Waals surface area contributed by atoms with Crippen LogP contribution in [-0.4, -0.2) is 44.1 Å². The predicted octanol–water partition coefficient (Wildman–Crippen LogP) is 3.75. The van der Waals surface area contributed by atoms with Crippen LogP contribution in [0.1, 0.15) is 0 Å². The first-order valence-corrected chi connectivity index (χ1v) is 9.69. The minimum Gasteiger partial charge on any atom is -0.339 e. The SMILES string of the molecule is Cn1ccnc1-c1nc(N2CCSCC2)ncc1-c1ccc(Cl)cc1. The Morgan fingerprint density at radius 2 is 1.84 bits per heavy atom. The summed E-state index contributed by atoms with van der Waals surface area (Å²) in [5.41, 5.74) is 2.84. The molecule has 1 fully saturated rings. The fraction of sp³-hybridized carbons (Fsp3) is 0.278. The standard InChI is InChI=1S/C18H18ClN5S/c1-23-7-6-20-17(23)16-15(13-2-4-14(19)5-3-13)12-21-18(22-16)24-8-10-25-11-9-24/h2-7,12H,8-11H2,1H3. The quantitative estimate of drug-likeness (QED) is 0.701. The number of anilines is 1. The van der Waals surface area contributed by atoms with Gasteiger partial charge < -0.3 is 9.47 Å². The maximum atomic E-state index is 6.03. The summed E-state index contributed by atoms with van der Waals surface area (Å²) in [4.78, 5) is 16.3. The van der Waals surface area contributed by atoms with Crippen molar-refractivity contribution in [1.82, 2.24) is 19.5 Å². The van der Waals surface area contributed by atoms with E-state index in [0.717, 1.165) is 53.2 Å². The summed E-state index contributed by atoms with van der Waals surface area (Å²) in [5.74, 6) is 3.83. The van der Waals surface area contributed by atoms with Gasteiger partial charge in [-0.3, -0.25) is 0 Å². The van der Waals surface area contributed by atoms with E-state index in [9.17, 15) is 0 Å². The van der Waals surface area contributed by atoms with Crippen molar-refractivity contribution in [3.8, 4) is 22.6 Å². The molecule has 1 aliphatic heterocycles. The van der Waals surface area contributed by atoms with Gasteiger partial charge in [0.25, 0.3) is 0 Å². The number of hydrogen-bond donors (Lipinski definition) is 0. The third kappa shape index (κ3) is 3.37. The molecule has 0 saturated carbocycles. The van der Waals surface area contributed by atoms with Crippen molar-refractivity contribution < 1.29 is 0 Å². The Kier molecular flexibility index (Phi) is 4.63. The van der Waals surface area contributed by atoms with E-state index in [-0.39, 0.29) is 0 Å². The Labute approximate surface area is 156 Å². The number of hydrogen-bond acceptors (Lipinski definition) is 5. The number of aryl methyl sites for hydroxylation is 1. The molecule has 0 aliphatic carbocycles. The zero-order valence-electron chi connectivity index (χ0n) is 13.9. The Morgan fingerprint density at radius 1 is 1.08 bits per heavy atom. The van der Waals surface area contributed by atoms with Crippen LogP contribution in [0.3, 0.4) is 0 Å². The zero-order valence-corrected chi connectivity index (χ0v) is 15.5. The maximum absolute atomic E-state index is 6.03. The van der Waals surface area contributed by atoms with E-state index in [1.807, 2.05) is 60.0 Å². The third-order valence-corrected chi connectivity index (χ3v) is 5.45. The van der Waals surface area contributed by atoms with Crippen molar-refractivity contribution in [1.29, 1.82) is 0 Å². The van der Waals surface area contributed by atoms with Gasteiger partial charge in [0.1, 0.15) is 5.69 Å². The molecule has 25 heavy (non-hydrogen) atoms. The number of imidazole rings is 1. The molecule has 1 aromatic carbocycles. The van der Waals surface area contributed by atoms with Gasteiger partial charge >= 0.3 is 0 Å². The van der Waals surface area contributed by atoms with Crippen molar-refractivity contribution in [2.75, 3.05) is 29.5 Å². The summed E-state index contributed by atoms with van der Waals surface area (Å²) in [7, 11) is 1.98. The van der Waals surface area contributed by atoms with Crippen LogP contribution >= 0.6 is 23.4 Å². The molecular formula is C18H18ClN5S. The second kappa shape index (κ2) is 7.06. The van der Waals surface area contributed by atoms with Crippen LogP contribution < -0.4 is 4.90 Å². The van der Waals surface area contributed by atoms with E-state index in [1.165, 1.54) is 0 Å². The fourth-order valence-corrected chi connectivity index (χ4v) is 3.92. The van der Waals surface area contributed by atoms with E-state index in [1.54, 1.807) is 6.20 Å². The normalized spacial score (nSPS) is 14.7. The van der Waals surface area contributed by atoms with Gasteiger partial charge in [-0.25, -0.2) is 15.0 Å². The molecule has 1 saturated heterocycles. The summed E-state index contributed by atoms with van der Waals surface area (Å²) < 4.78 is 1.98. The van der Waals surface area contributed by atoms with Crippen LogP contribution in [-0.2, 0) is 7.05 Å². The van der Waals surface area contributed by atoms with Crippen LogP contribution in [0, 0.1) is 0 Å². The summed E-state index contributed by atoms with van der Waals surface area (Å²) in [6.07, 6.45) is 5.62. The van der Waals surface area contributed by atoms with Crippen molar-refractivity contribution in [3.63, 3.8) is 0 Å². The molecule has 0 atom stereocenters. The Morgan fingerprint density at radius 3 is 2.52 bits per heavy atom. The highest BCUT2D eigenvalue weighted by Gasteiger charge is 2.19. The van der Waals surface area contributed by atoms with Gasteiger partial charge in [0.05, 0.1) is 0 Å². The molecule has 0 radical (unpaired) electrons. The van der Waals surface area contributed by atoms with Crippen LogP contribution in [0.2, 0.25) is 5.02 Å². The van der Waals surface area contributed by atoms with E-state index in [0.29, 0.717) is 5.02 Å². The van der Waals surface area contributed by atoms with Gasteiger partial charge in [-0.05, 0) is 17.7 Å². The summed E-state index contributed by atoms with van der Waals surface area (Å²) in [6.45, 7) is 1.95. The lowest BCUT2D eigenvalue weighted by molar-refractivity contribution is 0.814. The van der Waals surface area contributed by atoms with E-state index >= 15 is 0 Å². The summed E-state index contributed by atoms with van der Waals surface area (Å²) >= 11 is 8.01. The van der Waals surface area contributed by atoms with Crippen molar-refractivity contribution in [2.45, 2.75) is 0 Å². The molecule has 4 rings (SSSR count). The molecule has 0 spiro atoms. The van der Waals surface area contributed by atoms with Crippen molar-refractivity contribution in [2.24, 2.45) is 7.05 Å². The molecule has 7 heteroatoms. The molecule has 0 unspecified atom stereocenters. The number of nitrogens with zero attached hydrogens (tertiary/aromatic N) is 5. The minimum absolute atomic E-state index is 0.714. The number of rotatable bonds is 3. The molecule has 0 N–H and O–H groups in total. The lowest BCUT2D eigenvalue weighted by Crippen LogP contribution is -2.33. The number of aromatic nitrogens is 4. The number of thioether (sulfide) groups is 1. The average Bonchev–Trinajstić information content (AvgIpc) is 3.08. The van der Waals surface area contributed by atoms with Crippen LogP contribution in [0.25, 0.3) is 22.6 Å². The second-order valence-electron chi connectivity index (χ2n) is 5.90. The Balaban J connectivity index is 1.83. The van der Waals surface area contributed by atoms with Crippen molar-refractivity contribution in [3.05, 3.63) is 47.9 Å². The van der Waals surface area contributed by atoms with Crippen LogP contribution in [0.15, 0.2) is 42.9 Å². The predicted molar refractivity (Wildman–Crippen MR) is 104 cm³/mol. The first-order valence-electron chi connectivity index (χ1n) is 8.16. The average molecular weight is 372 g/mol. The molecule has 3 heterocycles. The fourth-order valence-electron chi connectivity index (χ4n) is 2.89. The molecular weight excluding hydrogens is 354 g/mol. The Bertz CT molecular complexity index is 871. The largest absolute Gasteiger partial charge is 0.339 e. The highest BCUT2D eigenvalue weighted by molar-refractivity contribution is 7.99. The molecule has 128 valence electrons. The van der Waals surface area contributed by atoms with E-state index in [2.05, 4.69) is 14.9 Å². The van der Waals surface area contributed by atoms with E-state index in [4.69, 9.17) is 16.6 Å². The third-order valence-electron chi connectivity index (χ3n) is 4.26. The highest BCUT2D eigenvalue weighted by atomic mass is 35.5. The minimum atomic E-state index is 0.714. The van der Waals surface area contributed by atoms with Gasteiger partial charge in [-0.15, -0.1) is 0 Å². The molecule has 3 aromatic rings. The van der Waals surface area contributed by atoms with Crippen LogP contribution in [0.4, 0.5) is 5.95 Å². The molecule has 5 nitrogen and oxygen atoms in total. The first kappa shape index (κ1) is 16.4. The molecule has 0 amide bonds. The van der Waals surface area contributed by atoms with Crippen molar-refractivity contribution >= 4 is 29.3 Å². The zero-order chi connectivity index (χ0) is 17.2. The van der Waals surface area contributed by atoms with Gasteiger partial charge in [-0.2, -0.15) is 11.8 Å². The monoisotopic (exact) mass is 371 g/mol. The topological polar surface area (TPSA) is 46.8 Å². The lowest BCUT2D eigenvalue weighted by Gasteiger charge is -2.26. The Hall–Kier alpha value is -2.05. The lowest BCUT2D eigenvalue weighted by atomic mass is 10.1. The van der Waals surface area contributed by atoms with Crippen LogP contribution in [0.5, 0.6) is 0 Å². The molecule has 1 aliphatic rings.